The van der Waals surface area contributed by atoms with Crippen LogP contribution < -0.4 is 5.32 Å². The van der Waals surface area contributed by atoms with Gasteiger partial charge in [0.1, 0.15) is 12.4 Å². The second-order valence-electron chi connectivity index (χ2n) is 7.22. The highest BCUT2D eigenvalue weighted by atomic mass is 16.1. The molecule has 0 saturated carbocycles. The molecule has 4 aromatic rings. The molecule has 0 saturated heterocycles. The predicted molar refractivity (Wildman–Crippen MR) is 114 cm³/mol. The average molecular weight is 369 g/mol. The van der Waals surface area contributed by atoms with Crippen LogP contribution in [0.5, 0.6) is 0 Å². The molecule has 1 aromatic heterocycles. The van der Waals surface area contributed by atoms with Crippen LogP contribution in [0, 0.1) is 20.8 Å². The highest BCUT2D eigenvalue weighted by Gasteiger charge is 2.15. The lowest BCUT2D eigenvalue weighted by molar-refractivity contribution is -0.116. The number of aryl methyl sites for hydroxylation is 3. The Morgan fingerprint density at radius 2 is 1.68 bits per heavy atom. The van der Waals surface area contributed by atoms with E-state index in [-0.39, 0.29) is 12.5 Å². The molecular formula is C24H23N3O. The van der Waals surface area contributed by atoms with E-state index in [1.165, 1.54) is 11.1 Å². The summed E-state index contributed by atoms with van der Waals surface area (Å²) in [5.41, 5.74) is 7.21. The minimum Gasteiger partial charge on any atom is -0.325 e. The minimum atomic E-state index is -0.0697. The van der Waals surface area contributed by atoms with Crippen LogP contribution in [0.2, 0.25) is 0 Å². The number of nitrogens with one attached hydrogen (secondary N) is 1. The number of anilines is 1. The Morgan fingerprint density at radius 3 is 2.43 bits per heavy atom. The lowest BCUT2D eigenvalue weighted by atomic mass is 10.1. The first-order valence-electron chi connectivity index (χ1n) is 9.41. The number of amides is 1. The van der Waals surface area contributed by atoms with Gasteiger partial charge in [-0.05, 0) is 56.2 Å². The van der Waals surface area contributed by atoms with E-state index in [4.69, 9.17) is 4.98 Å². The second kappa shape index (κ2) is 7.31. The molecule has 0 spiro atoms. The van der Waals surface area contributed by atoms with Crippen molar-refractivity contribution in [2.45, 2.75) is 27.3 Å². The van der Waals surface area contributed by atoms with Crippen LogP contribution in [0.25, 0.3) is 22.4 Å². The number of aromatic nitrogens is 2. The first kappa shape index (κ1) is 18.0. The molecule has 3 aromatic carbocycles. The molecule has 0 unspecified atom stereocenters. The summed E-state index contributed by atoms with van der Waals surface area (Å²) in [7, 11) is 0. The second-order valence-corrected chi connectivity index (χ2v) is 7.22. The Labute approximate surface area is 164 Å². The van der Waals surface area contributed by atoms with Crippen molar-refractivity contribution < 1.29 is 4.79 Å². The topological polar surface area (TPSA) is 46.9 Å². The number of benzene rings is 3. The zero-order chi connectivity index (χ0) is 19.7. The van der Waals surface area contributed by atoms with Gasteiger partial charge in [-0.3, -0.25) is 4.79 Å². The molecule has 0 bridgehead atoms. The smallest absolute Gasteiger partial charge is 0.244 e. The van der Waals surface area contributed by atoms with E-state index in [0.29, 0.717) is 0 Å². The molecule has 1 heterocycles. The van der Waals surface area contributed by atoms with Crippen molar-refractivity contribution in [3.8, 4) is 11.4 Å². The van der Waals surface area contributed by atoms with Crippen molar-refractivity contribution in [2.75, 3.05) is 5.32 Å². The van der Waals surface area contributed by atoms with Gasteiger partial charge in [-0.2, -0.15) is 0 Å². The standard InChI is InChI=1S/C24H23N3O/c1-16-8-11-19(12-9-16)24-26-21-6-4-5-7-22(21)27(24)15-23(28)25-20-13-10-17(2)18(3)14-20/h4-14H,15H2,1-3H3,(H,25,28). The van der Waals surface area contributed by atoms with Gasteiger partial charge in [0.25, 0.3) is 0 Å². The minimum absolute atomic E-state index is 0.0697. The zero-order valence-electron chi connectivity index (χ0n) is 16.4. The van der Waals surface area contributed by atoms with Crippen molar-refractivity contribution in [2.24, 2.45) is 0 Å². The molecule has 0 aliphatic rings. The molecule has 28 heavy (non-hydrogen) atoms. The van der Waals surface area contributed by atoms with Gasteiger partial charge in [0, 0.05) is 11.3 Å². The van der Waals surface area contributed by atoms with Crippen LogP contribution in [0.3, 0.4) is 0 Å². The van der Waals surface area contributed by atoms with Gasteiger partial charge in [0.15, 0.2) is 0 Å². The van der Waals surface area contributed by atoms with Crippen molar-refractivity contribution in [1.29, 1.82) is 0 Å². The summed E-state index contributed by atoms with van der Waals surface area (Å²) >= 11 is 0. The van der Waals surface area contributed by atoms with Crippen LogP contribution in [-0.4, -0.2) is 15.5 Å². The summed E-state index contributed by atoms with van der Waals surface area (Å²) in [6.45, 7) is 6.37. The van der Waals surface area contributed by atoms with Crippen LogP contribution in [0.1, 0.15) is 16.7 Å². The van der Waals surface area contributed by atoms with Crippen LogP contribution >= 0.6 is 0 Å². The fraction of sp³-hybridized carbons (Fsp3) is 0.167. The molecule has 4 nitrogen and oxygen atoms in total. The van der Waals surface area contributed by atoms with Crippen LogP contribution in [0.4, 0.5) is 5.69 Å². The molecule has 0 aliphatic heterocycles. The predicted octanol–water partition coefficient (Wildman–Crippen LogP) is 5.27. The highest BCUT2D eigenvalue weighted by Crippen LogP contribution is 2.25. The maximum atomic E-state index is 12.8. The van der Waals surface area contributed by atoms with E-state index in [1.807, 2.05) is 66.1 Å². The summed E-state index contributed by atoms with van der Waals surface area (Å²) < 4.78 is 1.98. The monoisotopic (exact) mass is 369 g/mol. The molecule has 1 amide bonds. The Bertz CT molecular complexity index is 1160. The Balaban J connectivity index is 1.68. The molecule has 4 rings (SSSR count). The summed E-state index contributed by atoms with van der Waals surface area (Å²) in [5, 5.41) is 3.01. The van der Waals surface area contributed by atoms with Gasteiger partial charge in [-0.25, -0.2) is 4.98 Å². The molecule has 0 atom stereocenters. The molecular weight excluding hydrogens is 346 g/mol. The molecule has 0 aliphatic carbocycles. The number of para-hydroxylation sites is 2. The Hall–Kier alpha value is -3.40. The van der Waals surface area contributed by atoms with Crippen LogP contribution in [0.15, 0.2) is 66.7 Å². The van der Waals surface area contributed by atoms with E-state index in [2.05, 4.69) is 31.3 Å². The van der Waals surface area contributed by atoms with Gasteiger partial charge in [0.2, 0.25) is 5.91 Å². The number of carbonyl (C=O) groups excluding carboxylic acids is 1. The maximum absolute atomic E-state index is 12.8. The van der Waals surface area contributed by atoms with Crippen molar-refractivity contribution in [3.05, 3.63) is 83.4 Å². The third-order valence-electron chi connectivity index (χ3n) is 5.06. The van der Waals surface area contributed by atoms with E-state index in [1.54, 1.807) is 0 Å². The molecule has 4 heteroatoms. The normalized spacial score (nSPS) is 11.0. The van der Waals surface area contributed by atoms with Gasteiger partial charge >= 0.3 is 0 Å². The van der Waals surface area contributed by atoms with Gasteiger partial charge in [-0.1, -0.05) is 48.0 Å². The van der Waals surface area contributed by atoms with Gasteiger partial charge < -0.3 is 9.88 Å². The zero-order valence-corrected chi connectivity index (χ0v) is 16.4. The Kier molecular flexibility index (Phi) is 4.70. The molecule has 140 valence electrons. The number of carbonyl (C=O) groups is 1. The van der Waals surface area contributed by atoms with Crippen molar-refractivity contribution in [3.63, 3.8) is 0 Å². The highest BCUT2D eigenvalue weighted by molar-refractivity contribution is 5.92. The number of hydrogen-bond donors (Lipinski definition) is 1. The number of imidazole rings is 1. The van der Waals surface area contributed by atoms with Crippen molar-refractivity contribution in [1.82, 2.24) is 9.55 Å². The first-order valence-corrected chi connectivity index (χ1v) is 9.41. The molecule has 0 radical (unpaired) electrons. The number of fused-ring (bicyclic) bond motifs is 1. The third kappa shape index (κ3) is 3.54. The number of hydrogen-bond acceptors (Lipinski definition) is 2. The number of rotatable bonds is 4. The summed E-state index contributed by atoms with van der Waals surface area (Å²) in [6, 6.07) is 22.1. The van der Waals surface area contributed by atoms with Gasteiger partial charge in [-0.15, -0.1) is 0 Å². The van der Waals surface area contributed by atoms with Crippen molar-refractivity contribution >= 4 is 22.6 Å². The first-order chi connectivity index (χ1) is 13.5. The Morgan fingerprint density at radius 1 is 0.929 bits per heavy atom. The summed E-state index contributed by atoms with van der Waals surface area (Å²) in [6.07, 6.45) is 0. The van der Waals surface area contributed by atoms with E-state index < -0.39 is 0 Å². The SMILES string of the molecule is Cc1ccc(-c2nc3ccccc3n2CC(=O)Nc2ccc(C)c(C)c2)cc1. The summed E-state index contributed by atoms with van der Waals surface area (Å²) in [5.74, 6) is 0.733. The largest absolute Gasteiger partial charge is 0.325 e. The third-order valence-corrected chi connectivity index (χ3v) is 5.06. The summed E-state index contributed by atoms with van der Waals surface area (Å²) in [4.78, 5) is 17.6. The lowest BCUT2D eigenvalue weighted by Gasteiger charge is -2.11. The fourth-order valence-electron chi connectivity index (χ4n) is 3.32. The number of nitrogens with zero attached hydrogens (tertiary/aromatic N) is 2. The average Bonchev–Trinajstić information content (AvgIpc) is 3.04. The molecule has 1 N–H and O–H groups in total. The van der Waals surface area contributed by atoms with Gasteiger partial charge in [0.05, 0.1) is 11.0 Å². The van der Waals surface area contributed by atoms with E-state index in [9.17, 15) is 4.79 Å². The lowest BCUT2D eigenvalue weighted by Crippen LogP contribution is -2.19. The van der Waals surface area contributed by atoms with E-state index in [0.717, 1.165) is 33.7 Å². The maximum Gasteiger partial charge on any atom is 0.244 e. The van der Waals surface area contributed by atoms with E-state index >= 15 is 0 Å². The quantitative estimate of drug-likeness (QED) is 0.533. The molecule has 0 fully saturated rings. The van der Waals surface area contributed by atoms with Crippen LogP contribution in [-0.2, 0) is 11.3 Å². The fourth-order valence-corrected chi connectivity index (χ4v) is 3.32.